The third kappa shape index (κ3) is 4.09. The molecule has 21 heavy (non-hydrogen) atoms. The summed E-state index contributed by atoms with van der Waals surface area (Å²) in [5.41, 5.74) is 0. The van der Waals surface area contributed by atoms with Crippen molar-refractivity contribution in [2.45, 2.75) is 19.3 Å². The summed E-state index contributed by atoms with van der Waals surface area (Å²) in [6, 6.07) is 0. The summed E-state index contributed by atoms with van der Waals surface area (Å²) in [6.45, 7) is 1.04. The maximum absolute atomic E-state index is 8.79. The van der Waals surface area contributed by atoms with Crippen molar-refractivity contribution in [3.8, 4) is 5.95 Å². The van der Waals surface area contributed by atoms with Crippen LogP contribution in [0.15, 0.2) is 12.7 Å². The Hall–Kier alpha value is -2.29. The molecule has 0 radical (unpaired) electrons. The van der Waals surface area contributed by atoms with Gasteiger partial charge in [-0.25, -0.2) is 4.98 Å². The number of nitrogens with one attached hydrogen (secondary N) is 1. The van der Waals surface area contributed by atoms with Crippen LogP contribution in [-0.2, 0) is 0 Å². The molecular weight excluding hydrogens is 272 g/mol. The van der Waals surface area contributed by atoms with Gasteiger partial charge in [0.15, 0.2) is 0 Å². The molecule has 9 nitrogen and oxygen atoms in total. The molecule has 2 aromatic heterocycles. The fourth-order valence-corrected chi connectivity index (χ4v) is 1.79. The normalized spacial score (nSPS) is 10.6. The predicted molar refractivity (Wildman–Crippen MR) is 78.5 cm³/mol. The van der Waals surface area contributed by atoms with Gasteiger partial charge in [-0.05, 0) is 19.3 Å². The van der Waals surface area contributed by atoms with Gasteiger partial charge in [-0.15, -0.1) is 0 Å². The Balaban J connectivity index is 2.13. The molecule has 114 valence electrons. The molecule has 2 heterocycles. The second-order valence-electron chi connectivity index (χ2n) is 4.55. The van der Waals surface area contributed by atoms with E-state index in [-0.39, 0.29) is 6.61 Å². The smallest absolute Gasteiger partial charge is 0.258 e. The number of rotatable bonds is 8. The van der Waals surface area contributed by atoms with Crippen LogP contribution in [0.2, 0.25) is 0 Å². The van der Waals surface area contributed by atoms with Gasteiger partial charge in [0, 0.05) is 27.2 Å². The lowest BCUT2D eigenvalue weighted by Gasteiger charge is -2.17. The summed E-state index contributed by atoms with van der Waals surface area (Å²) < 4.78 is 1.49. The van der Waals surface area contributed by atoms with Gasteiger partial charge in [-0.2, -0.15) is 24.7 Å². The van der Waals surface area contributed by atoms with E-state index in [1.807, 2.05) is 11.9 Å². The molecule has 0 atom stereocenters. The molecule has 0 fully saturated rings. The van der Waals surface area contributed by atoms with Gasteiger partial charge in [0.2, 0.25) is 11.9 Å². The third-order valence-electron chi connectivity index (χ3n) is 2.95. The molecule has 2 rings (SSSR count). The van der Waals surface area contributed by atoms with Crippen LogP contribution in [0.3, 0.4) is 0 Å². The molecule has 0 aliphatic rings. The average Bonchev–Trinajstić information content (AvgIpc) is 3.05. The quantitative estimate of drug-likeness (QED) is 0.660. The molecule has 0 saturated carbocycles. The van der Waals surface area contributed by atoms with Crippen molar-refractivity contribution in [3.05, 3.63) is 12.7 Å². The Kier molecular flexibility index (Phi) is 5.38. The molecule has 0 unspecified atom stereocenters. The lowest BCUT2D eigenvalue weighted by Crippen LogP contribution is -2.23. The highest BCUT2D eigenvalue weighted by Gasteiger charge is 2.11. The minimum absolute atomic E-state index is 0.232. The summed E-state index contributed by atoms with van der Waals surface area (Å²) in [4.78, 5) is 18.8. The fraction of sp³-hybridized carbons (Fsp3) is 0.583. The van der Waals surface area contributed by atoms with Gasteiger partial charge in [-0.3, -0.25) is 0 Å². The minimum Gasteiger partial charge on any atom is -0.396 e. The number of aromatic nitrogens is 6. The van der Waals surface area contributed by atoms with Crippen molar-refractivity contribution < 1.29 is 5.11 Å². The molecule has 0 saturated heterocycles. The summed E-state index contributed by atoms with van der Waals surface area (Å²) in [5.74, 6) is 1.47. The van der Waals surface area contributed by atoms with Crippen LogP contribution in [0.1, 0.15) is 19.3 Å². The first-order valence-electron chi connectivity index (χ1n) is 6.85. The number of unbranched alkanes of at least 4 members (excludes halogenated alkanes) is 2. The Morgan fingerprint density at radius 1 is 1.24 bits per heavy atom. The zero-order valence-electron chi connectivity index (χ0n) is 12.3. The molecule has 0 aliphatic carbocycles. The molecule has 0 bridgehead atoms. The minimum atomic E-state index is 0.232. The molecule has 0 aromatic carbocycles. The van der Waals surface area contributed by atoms with E-state index in [9.17, 15) is 0 Å². The fourth-order valence-electron chi connectivity index (χ4n) is 1.79. The van der Waals surface area contributed by atoms with E-state index in [0.29, 0.717) is 17.8 Å². The molecule has 0 aliphatic heterocycles. The third-order valence-corrected chi connectivity index (χ3v) is 2.95. The Bertz CT molecular complexity index is 544. The van der Waals surface area contributed by atoms with Gasteiger partial charge in [0.25, 0.3) is 5.95 Å². The first-order chi connectivity index (χ1) is 10.2. The van der Waals surface area contributed by atoms with Crippen molar-refractivity contribution in [1.29, 1.82) is 0 Å². The van der Waals surface area contributed by atoms with E-state index in [1.54, 1.807) is 13.4 Å². The lowest BCUT2D eigenvalue weighted by molar-refractivity contribution is 0.283. The van der Waals surface area contributed by atoms with Crippen molar-refractivity contribution in [2.24, 2.45) is 0 Å². The van der Waals surface area contributed by atoms with E-state index < -0.39 is 0 Å². The lowest BCUT2D eigenvalue weighted by atomic mass is 10.2. The number of anilines is 2. The Morgan fingerprint density at radius 2 is 2.10 bits per heavy atom. The van der Waals surface area contributed by atoms with Gasteiger partial charge >= 0.3 is 0 Å². The van der Waals surface area contributed by atoms with Crippen molar-refractivity contribution >= 4 is 11.9 Å². The average molecular weight is 292 g/mol. The Labute approximate surface area is 123 Å². The molecule has 9 heteroatoms. The summed E-state index contributed by atoms with van der Waals surface area (Å²) >= 11 is 0. The SMILES string of the molecule is CNc1nc(N(C)CCCCCO)nc(-n2cncn2)n1. The highest BCUT2D eigenvalue weighted by molar-refractivity contribution is 5.38. The van der Waals surface area contributed by atoms with E-state index in [0.717, 1.165) is 25.8 Å². The topological polar surface area (TPSA) is 105 Å². The number of nitrogens with zero attached hydrogens (tertiary/aromatic N) is 7. The van der Waals surface area contributed by atoms with Crippen LogP contribution in [0, 0.1) is 0 Å². The predicted octanol–water partition coefficient (Wildman–Crippen LogP) is 0.0928. The molecule has 0 spiro atoms. The van der Waals surface area contributed by atoms with Gasteiger partial charge in [0.1, 0.15) is 12.7 Å². The van der Waals surface area contributed by atoms with Gasteiger partial charge < -0.3 is 15.3 Å². The summed E-state index contributed by atoms with van der Waals surface area (Å²) in [5, 5.41) is 15.7. The van der Waals surface area contributed by atoms with E-state index >= 15 is 0 Å². The highest BCUT2D eigenvalue weighted by Crippen LogP contribution is 2.12. The van der Waals surface area contributed by atoms with E-state index in [4.69, 9.17) is 5.11 Å². The number of hydrogen-bond donors (Lipinski definition) is 2. The number of aliphatic hydroxyl groups excluding tert-OH is 1. The van der Waals surface area contributed by atoms with Crippen LogP contribution in [0.5, 0.6) is 0 Å². The standard InChI is InChI=1S/C12H20N8O/c1-13-10-16-11(19(2)6-4-3-5-7-21)18-12(17-10)20-9-14-8-15-20/h8-9,21H,3-7H2,1-2H3,(H,13,16,17,18). The van der Waals surface area contributed by atoms with Gasteiger partial charge in [-0.1, -0.05) is 0 Å². The van der Waals surface area contributed by atoms with Crippen LogP contribution < -0.4 is 10.2 Å². The first kappa shape index (κ1) is 15.1. The van der Waals surface area contributed by atoms with Crippen LogP contribution in [0.4, 0.5) is 11.9 Å². The zero-order chi connectivity index (χ0) is 15.1. The summed E-state index contributed by atoms with van der Waals surface area (Å²) in [7, 11) is 3.68. The second-order valence-corrected chi connectivity index (χ2v) is 4.55. The Morgan fingerprint density at radius 3 is 2.76 bits per heavy atom. The first-order valence-corrected chi connectivity index (χ1v) is 6.85. The zero-order valence-corrected chi connectivity index (χ0v) is 12.3. The maximum atomic E-state index is 8.79. The second kappa shape index (κ2) is 7.48. The number of aliphatic hydroxyl groups is 1. The van der Waals surface area contributed by atoms with Crippen molar-refractivity contribution in [1.82, 2.24) is 29.7 Å². The summed E-state index contributed by atoms with van der Waals surface area (Å²) in [6.07, 6.45) is 5.73. The monoisotopic (exact) mass is 292 g/mol. The largest absolute Gasteiger partial charge is 0.396 e. The number of hydrogen-bond acceptors (Lipinski definition) is 8. The van der Waals surface area contributed by atoms with Gasteiger partial charge in [0.05, 0.1) is 0 Å². The molecular formula is C12H20N8O. The molecule has 2 N–H and O–H groups in total. The molecule has 2 aromatic rings. The van der Waals surface area contributed by atoms with Crippen LogP contribution in [0.25, 0.3) is 5.95 Å². The van der Waals surface area contributed by atoms with Crippen LogP contribution >= 0.6 is 0 Å². The maximum Gasteiger partial charge on any atom is 0.258 e. The van der Waals surface area contributed by atoms with Crippen molar-refractivity contribution in [2.75, 3.05) is 37.5 Å². The van der Waals surface area contributed by atoms with E-state index in [2.05, 4.69) is 30.4 Å². The molecule has 0 amide bonds. The highest BCUT2D eigenvalue weighted by atomic mass is 16.2. The van der Waals surface area contributed by atoms with Crippen molar-refractivity contribution in [3.63, 3.8) is 0 Å². The van der Waals surface area contributed by atoms with Crippen LogP contribution in [-0.4, -0.2) is 62.1 Å². The van der Waals surface area contributed by atoms with E-state index in [1.165, 1.54) is 11.0 Å².